The highest BCUT2D eigenvalue weighted by atomic mass is 31.2. The Morgan fingerprint density at radius 2 is 1.19 bits per heavy atom. The molecule has 0 aromatic rings. The van der Waals surface area contributed by atoms with Crippen LogP contribution in [-0.2, 0) is 32.7 Å². The second kappa shape index (κ2) is 33.9. The van der Waals surface area contributed by atoms with Crippen molar-refractivity contribution in [1.29, 1.82) is 0 Å². The van der Waals surface area contributed by atoms with E-state index in [9.17, 15) is 19.0 Å². The van der Waals surface area contributed by atoms with Crippen LogP contribution in [0.25, 0.3) is 0 Å². The molecular formula is C37H70NO9P. The lowest BCUT2D eigenvalue weighted by Gasteiger charge is -2.20. The van der Waals surface area contributed by atoms with Crippen LogP contribution in [0.2, 0.25) is 0 Å². The van der Waals surface area contributed by atoms with Gasteiger partial charge in [0.1, 0.15) is 12.1 Å². The number of unbranched alkanes of at least 4 members (excludes halogenated alkanes) is 18. The van der Waals surface area contributed by atoms with Crippen LogP contribution < -0.4 is 5.73 Å². The molecule has 3 unspecified atom stereocenters. The number of hydrogen-bond acceptors (Lipinski definition) is 8. The largest absolute Gasteiger partial charge is 0.480 e. The van der Waals surface area contributed by atoms with Crippen LogP contribution in [0.15, 0.2) is 24.3 Å². The molecule has 11 heteroatoms. The molecule has 0 amide bonds. The first-order valence-corrected chi connectivity index (χ1v) is 20.4. The highest BCUT2D eigenvalue weighted by Crippen LogP contribution is 2.43. The van der Waals surface area contributed by atoms with Gasteiger partial charge in [-0.15, -0.1) is 0 Å². The zero-order valence-electron chi connectivity index (χ0n) is 30.3. The molecule has 0 aromatic heterocycles. The molecule has 4 N–H and O–H groups in total. The molecule has 0 radical (unpaired) electrons. The predicted octanol–water partition coefficient (Wildman–Crippen LogP) is 9.58. The maximum atomic E-state index is 12.5. The molecule has 0 bridgehead atoms. The Morgan fingerprint density at radius 3 is 1.77 bits per heavy atom. The lowest BCUT2D eigenvalue weighted by atomic mass is 10.0. The number of rotatable bonds is 36. The Bertz CT molecular complexity index is 868. The van der Waals surface area contributed by atoms with Crippen molar-refractivity contribution in [3.8, 4) is 0 Å². The number of phosphoric ester groups is 1. The number of carbonyl (C=O) groups excluding carboxylic acids is 1. The van der Waals surface area contributed by atoms with Gasteiger partial charge in [0.2, 0.25) is 0 Å². The van der Waals surface area contributed by atoms with E-state index in [0.29, 0.717) is 13.0 Å². The number of phosphoric acid groups is 1. The van der Waals surface area contributed by atoms with Crippen molar-refractivity contribution in [2.24, 2.45) is 5.73 Å². The van der Waals surface area contributed by atoms with E-state index in [0.717, 1.165) is 64.2 Å². The van der Waals surface area contributed by atoms with Crippen LogP contribution in [0.4, 0.5) is 0 Å². The number of carboxylic acid groups (broad SMARTS) is 1. The van der Waals surface area contributed by atoms with Crippen LogP contribution in [0.1, 0.15) is 162 Å². The highest BCUT2D eigenvalue weighted by molar-refractivity contribution is 7.47. The smallest absolute Gasteiger partial charge is 0.472 e. The van der Waals surface area contributed by atoms with E-state index in [1.807, 2.05) is 0 Å². The first-order chi connectivity index (χ1) is 23.2. The van der Waals surface area contributed by atoms with Crippen LogP contribution >= 0.6 is 7.82 Å². The van der Waals surface area contributed by atoms with Crippen LogP contribution in [0.3, 0.4) is 0 Å². The zero-order chi connectivity index (χ0) is 35.6. The molecule has 0 spiro atoms. The number of hydrogen-bond donors (Lipinski definition) is 3. The summed E-state index contributed by atoms with van der Waals surface area (Å²) < 4.78 is 33.2. The Kier molecular flexibility index (Phi) is 32.8. The molecule has 0 fully saturated rings. The topological polar surface area (TPSA) is 155 Å². The zero-order valence-corrected chi connectivity index (χ0v) is 31.2. The monoisotopic (exact) mass is 703 g/mol. The molecule has 10 nitrogen and oxygen atoms in total. The van der Waals surface area contributed by atoms with Crippen molar-refractivity contribution >= 4 is 19.8 Å². The summed E-state index contributed by atoms with van der Waals surface area (Å²) in [6, 6.07) is -1.47. The van der Waals surface area contributed by atoms with Gasteiger partial charge in [-0.1, -0.05) is 141 Å². The van der Waals surface area contributed by atoms with Gasteiger partial charge in [-0.3, -0.25) is 18.6 Å². The normalized spacial score (nSPS) is 14.4. The second-order valence-corrected chi connectivity index (χ2v) is 14.2. The maximum Gasteiger partial charge on any atom is 0.472 e. The Morgan fingerprint density at radius 1 is 0.667 bits per heavy atom. The number of carboxylic acids is 1. The number of esters is 1. The molecule has 0 aliphatic heterocycles. The minimum atomic E-state index is -4.61. The van der Waals surface area contributed by atoms with Crippen molar-refractivity contribution in [2.45, 2.75) is 174 Å². The van der Waals surface area contributed by atoms with Gasteiger partial charge in [-0.25, -0.2) is 4.57 Å². The number of allylic oxidation sites excluding steroid dienone is 4. The van der Waals surface area contributed by atoms with E-state index < -0.39 is 45.1 Å². The molecule has 0 saturated heterocycles. The fourth-order valence-electron chi connectivity index (χ4n) is 4.99. The fourth-order valence-corrected chi connectivity index (χ4v) is 5.77. The Hall–Kier alpha value is -1.55. The highest BCUT2D eigenvalue weighted by Gasteiger charge is 2.27. The third kappa shape index (κ3) is 33.0. The average Bonchev–Trinajstić information content (AvgIpc) is 3.06. The van der Waals surface area contributed by atoms with E-state index in [1.54, 1.807) is 0 Å². The van der Waals surface area contributed by atoms with Crippen LogP contribution in [0.5, 0.6) is 0 Å². The summed E-state index contributed by atoms with van der Waals surface area (Å²) in [5.41, 5.74) is 5.33. The molecule has 0 aromatic carbocycles. The summed E-state index contributed by atoms with van der Waals surface area (Å²) in [6.45, 7) is 3.79. The van der Waals surface area contributed by atoms with E-state index in [4.69, 9.17) is 24.8 Å². The second-order valence-electron chi connectivity index (χ2n) is 12.7. The SMILES string of the molecule is CCC/C=C\C/C=C\CCCCCCCC(=O)OC(COCCCCCCCCCCCCCCC)COP(=O)(O)OCC(N)C(=O)O. The van der Waals surface area contributed by atoms with Crippen molar-refractivity contribution < 1.29 is 42.7 Å². The van der Waals surface area contributed by atoms with Crippen molar-refractivity contribution in [2.75, 3.05) is 26.4 Å². The predicted molar refractivity (Wildman–Crippen MR) is 194 cm³/mol. The summed E-state index contributed by atoms with van der Waals surface area (Å²) in [6.07, 6.45) is 33.7. The average molecular weight is 704 g/mol. The third-order valence-corrected chi connectivity index (χ3v) is 8.92. The van der Waals surface area contributed by atoms with Gasteiger partial charge >= 0.3 is 19.8 Å². The van der Waals surface area contributed by atoms with Gasteiger partial charge < -0.3 is 25.2 Å². The number of ether oxygens (including phenoxy) is 2. The Labute approximate surface area is 292 Å². The van der Waals surface area contributed by atoms with E-state index in [2.05, 4.69) is 42.7 Å². The van der Waals surface area contributed by atoms with E-state index in [-0.39, 0.29) is 13.0 Å². The number of carbonyl (C=O) groups is 2. The summed E-state index contributed by atoms with van der Waals surface area (Å²) in [5.74, 6) is -1.79. The number of nitrogens with two attached hydrogens (primary N) is 1. The van der Waals surface area contributed by atoms with Gasteiger partial charge in [0, 0.05) is 13.0 Å². The van der Waals surface area contributed by atoms with Gasteiger partial charge in [0.25, 0.3) is 0 Å². The quantitative estimate of drug-likeness (QED) is 0.0249. The Balaban J connectivity index is 4.33. The molecule has 0 aliphatic rings. The van der Waals surface area contributed by atoms with Gasteiger partial charge in [0.05, 0.1) is 19.8 Å². The lowest BCUT2D eigenvalue weighted by Crippen LogP contribution is -2.34. The summed E-state index contributed by atoms with van der Waals surface area (Å²) in [4.78, 5) is 33.3. The standard InChI is InChI=1S/C37H70NO9P/c1-3-5-7-9-11-13-15-17-19-21-23-25-27-29-36(39)47-34(32-45-48(42,43)46-33-35(38)37(40)41)31-44-30-28-26-24-22-20-18-16-14-12-10-8-6-4-2/h7,9,13,15,34-35H,3-6,8,10-12,14,16-33,38H2,1-2H3,(H,40,41)(H,42,43)/b9-7-,15-13-. The fraction of sp³-hybridized carbons (Fsp3) is 0.838. The minimum absolute atomic E-state index is 0.0144. The van der Waals surface area contributed by atoms with Crippen LogP contribution in [0, 0.1) is 0 Å². The van der Waals surface area contributed by atoms with Crippen molar-refractivity contribution in [3.63, 3.8) is 0 Å². The maximum absolute atomic E-state index is 12.5. The van der Waals surface area contributed by atoms with Crippen molar-refractivity contribution in [3.05, 3.63) is 24.3 Å². The summed E-state index contributed by atoms with van der Waals surface area (Å²) >= 11 is 0. The summed E-state index contributed by atoms with van der Waals surface area (Å²) in [5, 5.41) is 8.86. The first kappa shape index (κ1) is 46.5. The third-order valence-electron chi connectivity index (χ3n) is 7.96. The molecule has 48 heavy (non-hydrogen) atoms. The van der Waals surface area contributed by atoms with Gasteiger partial charge in [-0.05, 0) is 38.5 Å². The van der Waals surface area contributed by atoms with Crippen molar-refractivity contribution in [1.82, 2.24) is 0 Å². The molecule has 3 atom stereocenters. The minimum Gasteiger partial charge on any atom is -0.480 e. The first-order valence-electron chi connectivity index (χ1n) is 18.9. The molecule has 0 aliphatic carbocycles. The molecular weight excluding hydrogens is 633 g/mol. The molecule has 0 heterocycles. The van der Waals surface area contributed by atoms with Gasteiger partial charge in [-0.2, -0.15) is 0 Å². The number of aliphatic carboxylic acids is 1. The summed E-state index contributed by atoms with van der Waals surface area (Å²) in [7, 11) is -4.61. The van der Waals surface area contributed by atoms with Crippen LogP contribution in [-0.4, -0.2) is 60.5 Å². The van der Waals surface area contributed by atoms with E-state index in [1.165, 1.54) is 70.6 Å². The molecule has 0 saturated carbocycles. The van der Waals surface area contributed by atoms with Gasteiger partial charge in [0.15, 0.2) is 0 Å². The molecule has 282 valence electrons. The lowest BCUT2D eigenvalue weighted by molar-refractivity contribution is -0.154. The molecule has 0 rings (SSSR count). The van der Waals surface area contributed by atoms with E-state index >= 15 is 0 Å².